The van der Waals surface area contributed by atoms with E-state index in [-0.39, 0.29) is 46.9 Å². The molecular weight excluding hydrogens is 489 g/mol. The van der Waals surface area contributed by atoms with E-state index in [2.05, 4.69) is 13.8 Å². The van der Waals surface area contributed by atoms with E-state index in [1.165, 1.54) is 0 Å². The van der Waals surface area contributed by atoms with Gasteiger partial charge in [-0.3, -0.25) is 0 Å². The van der Waals surface area contributed by atoms with Gasteiger partial charge in [0.25, 0.3) is 5.67 Å². The van der Waals surface area contributed by atoms with Gasteiger partial charge in [0.05, 0.1) is 12.2 Å². The Balaban J connectivity index is 1.26. The summed E-state index contributed by atoms with van der Waals surface area (Å²) in [4.78, 5) is 0. The van der Waals surface area contributed by atoms with E-state index in [1.54, 1.807) is 0 Å². The molecule has 7 unspecified atom stereocenters. The molecular formula is C27H39F7O2. The van der Waals surface area contributed by atoms with Crippen molar-refractivity contribution in [1.29, 1.82) is 0 Å². The van der Waals surface area contributed by atoms with Gasteiger partial charge in [0.2, 0.25) is 0 Å². The van der Waals surface area contributed by atoms with Crippen LogP contribution in [0.1, 0.15) is 91.4 Å². The van der Waals surface area contributed by atoms with Crippen molar-refractivity contribution in [2.45, 2.75) is 127 Å². The van der Waals surface area contributed by atoms with Gasteiger partial charge < -0.3 is 9.84 Å². The molecule has 208 valence electrons. The number of rotatable bonds is 5. The first-order valence-electron chi connectivity index (χ1n) is 13.7. The molecule has 5 fully saturated rings. The van der Waals surface area contributed by atoms with Gasteiger partial charge in [0, 0.05) is 11.8 Å². The van der Waals surface area contributed by atoms with E-state index >= 15 is 0 Å². The third-order valence-corrected chi connectivity index (χ3v) is 11.9. The maximum Gasteiger partial charge on any atom is 0.431 e. The molecule has 0 bridgehead atoms. The van der Waals surface area contributed by atoms with Gasteiger partial charge in [-0.25, -0.2) is 4.39 Å². The molecule has 5 rings (SSSR count). The van der Waals surface area contributed by atoms with E-state index in [4.69, 9.17) is 4.74 Å². The summed E-state index contributed by atoms with van der Waals surface area (Å²) in [6, 6.07) is 0. The van der Waals surface area contributed by atoms with Crippen molar-refractivity contribution in [3.63, 3.8) is 0 Å². The summed E-state index contributed by atoms with van der Waals surface area (Å²) in [5.41, 5.74) is -5.31. The molecule has 10 atom stereocenters. The molecule has 0 amide bonds. The highest BCUT2D eigenvalue weighted by Crippen LogP contribution is 2.74. The third-order valence-electron chi connectivity index (χ3n) is 11.9. The maximum atomic E-state index is 14.1. The standard InChI is InChI=1S/C27H39F7O2/c1-15(5-4-10-25(28,26(29,30)31)27(32,33)34)18-6-7-19-17-13-21-24(36-21)14-16(35)8-12-23(24,3)20(17)9-11-22(18,19)2/h15-21,35H,4-14H2,1-3H3/t15?,16?,17?,18?,19?,20?,21?,22-,23-,24+/m1/s1. The average molecular weight is 529 g/mol. The van der Waals surface area contributed by atoms with Crippen molar-refractivity contribution >= 4 is 0 Å². The summed E-state index contributed by atoms with van der Waals surface area (Å²) in [6.45, 7) is 6.54. The first-order chi connectivity index (χ1) is 16.5. The minimum atomic E-state index is -5.97. The van der Waals surface area contributed by atoms with Crippen molar-refractivity contribution in [1.82, 2.24) is 0 Å². The zero-order chi connectivity index (χ0) is 26.5. The van der Waals surface area contributed by atoms with Crippen LogP contribution < -0.4 is 0 Å². The van der Waals surface area contributed by atoms with Gasteiger partial charge in [-0.2, -0.15) is 26.3 Å². The molecule has 0 aromatic rings. The van der Waals surface area contributed by atoms with Crippen LogP contribution in [-0.2, 0) is 4.74 Å². The van der Waals surface area contributed by atoms with Crippen LogP contribution in [0.2, 0.25) is 0 Å². The predicted octanol–water partition coefficient (Wildman–Crippen LogP) is 7.78. The molecule has 0 aromatic carbocycles. The molecule has 2 nitrogen and oxygen atoms in total. The lowest BCUT2D eigenvalue weighted by atomic mass is 9.44. The molecule has 1 N–H and O–H groups in total. The van der Waals surface area contributed by atoms with Crippen molar-refractivity contribution in [3.8, 4) is 0 Å². The Bertz CT molecular complexity index is 844. The lowest BCUT2D eigenvalue weighted by Gasteiger charge is -2.59. The Morgan fingerprint density at radius 2 is 1.58 bits per heavy atom. The van der Waals surface area contributed by atoms with Crippen LogP contribution in [0.4, 0.5) is 30.7 Å². The number of epoxide rings is 1. The van der Waals surface area contributed by atoms with Crippen LogP contribution in [-0.4, -0.2) is 40.9 Å². The van der Waals surface area contributed by atoms with E-state index < -0.39 is 30.9 Å². The summed E-state index contributed by atoms with van der Waals surface area (Å²) in [7, 11) is 0. The predicted molar refractivity (Wildman–Crippen MR) is 120 cm³/mol. The molecule has 5 aliphatic rings. The van der Waals surface area contributed by atoms with Crippen molar-refractivity contribution in [2.75, 3.05) is 0 Å². The smallest absolute Gasteiger partial charge is 0.393 e. The van der Waals surface area contributed by atoms with Crippen LogP contribution in [0.5, 0.6) is 0 Å². The lowest BCUT2D eigenvalue weighted by molar-refractivity contribution is -0.343. The maximum absolute atomic E-state index is 14.1. The molecule has 0 radical (unpaired) electrons. The summed E-state index contributed by atoms with van der Waals surface area (Å²) in [5, 5.41) is 10.3. The third kappa shape index (κ3) is 3.63. The monoisotopic (exact) mass is 528 g/mol. The number of hydrogen-bond acceptors (Lipinski definition) is 2. The fourth-order valence-electron chi connectivity index (χ4n) is 9.95. The first-order valence-corrected chi connectivity index (χ1v) is 13.7. The average Bonchev–Trinajstić information content (AvgIpc) is 3.33. The van der Waals surface area contributed by atoms with Crippen LogP contribution in [0, 0.1) is 40.4 Å². The van der Waals surface area contributed by atoms with Gasteiger partial charge in [-0.15, -0.1) is 0 Å². The molecule has 1 heterocycles. The number of ether oxygens (including phenoxy) is 1. The Hall–Kier alpha value is -0.570. The van der Waals surface area contributed by atoms with Crippen molar-refractivity contribution < 1.29 is 40.6 Å². The Labute approximate surface area is 208 Å². The molecule has 1 saturated heterocycles. The lowest BCUT2D eigenvalue weighted by Crippen LogP contribution is -2.58. The van der Waals surface area contributed by atoms with E-state index in [1.807, 2.05) is 6.92 Å². The minimum absolute atomic E-state index is 0.0130. The summed E-state index contributed by atoms with van der Waals surface area (Å²) >= 11 is 0. The second-order valence-electron chi connectivity index (χ2n) is 13.3. The molecule has 4 saturated carbocycles. The van der Waals surface area contributed by atoms with Crippen LogP contribution in [0.3, 0.4) is 0 Å². The Morgan fingerprint density at radius 1 is 0.917 bits per heavy atom. The van der Waals surface area contributed by atoms with Crippen LogP contribution in [0.15, 0.2) is 0 Å². The molecule has 4 aliphatic carbocycles. The highest BCUT2D eigenvalue weighted by Gasteiger charge is 2.76. The molecule has 9 heteroatoms. The molecule has 0 aromatic heterocycles. The Morgan fingerprint density at radius 3 is 2.22 bits per heavy atom. The van der Waals surface area contributed by atoms with Gasteiger partial charge in [0.1, 0.15) is 5.60 Å². The normalized spacial score (nSPS) is 47.4. The van der Waals surface area contributed by atoms with Crippen molar-refractivity contribution in [2.24, 2.45) is 40.4 Å². The van der Waals surface area contributed by atoms with Gasteiger partial charge in [0.15, 0.2) is 0 Å². The van der Waals surface area contributed by atoms with Gasteiger partial charge >= 0.3 is 12.4 Å². The first kappa shape index (κ1) is 27.0. The SMILES string of the molecule is CC(CCCC(F)(C(F)(F)F)C(F)(F)F)C1CCC2C3CC4O[C@@]45CC(O)CC[C@]5(C)C3CC[C@]12C. The largest absolute Gasteiger partial charge is 0.431 e. The number of fused-ring (bicyclic) bond motifs is 4. The zero-order valence-corrected chi connectivity index (χ0v) is 21.3. The second-order valence-corrected chi connectivity index (χ2v) is 13.3. The summed E-state index contributed by atoms with van der Waals surface area (Å²) in [5.74, 6) is 1.61. The number of aliphatic hydroxyl groups excluding tert-OH is 1. The minimum Gasteiger partial charge on any atom is -0.393 e. The number of aliphatic hydroxyl groups is 1. The highest BCUT2D eigenvalue weighted by atomic mass is 19.4. The van der Waals surface area contributed by atoms with Gasteiger partial charge in [-0.05, 0) is 92.8 Å². The topological polar surface area (TPSA) is 32.8 Å². The van der Waals surface area contributed by atoms with E-state index in [0.29, 0.717) is 24.2 Å². The summed E-state index contributed by atoms with van der Waals surface area (Å²) in [6.07, 6.45) is -6.51. The molecule has 1 aliphatic heterocycles. The highest BCUT2D eigenvalue weighted by molar-refractivity contribution is 5.24. The fraction of sp³-hybridized carbons (Fsp3) is 1.00. The second kappa shape index (κ2) is 8.22. The van der Waals surface area contributed by atoms with Gasteiger partial charge in [-0.1, -0.05) is 27.2 Å². The van der Waals surface area contributed by atoms with Crippen molar-refractivity contribution in [3.05, 3.63) is 0 Å². The van der Waals surface area contributed by atoms with E-state index in [0.717, 1.165) is 44.9 Å². The number of alkyl halides is 7. The quantitative estimate of drug-likeness (QED) is 0.292. The van der Waals surface area contributed by atoms with E-state index in [9.17, 15) is 35.8 Å². The fourth-order valence-corrected chi connectivity index (χ4v) is 9.95. The Kier molecular flexibility index (Phi) is 6.17. The summed E-state index contributed by atoms with van der Waals surface area (Å²) < 4.78 is 98.2. The zero-order valence-electron chi connectivity index (χ0n) is 21.3. The molecule has 1 spiro atoms. The van der Waals surface area contributed by atoms with Crippen LogP contribution in [0.25, 0.3) is 0 Å². The number of halogens is 7. The molecule has 36 heavy (non-hydrogen) atoms. The van der Waals surface area contributed by atoms with Crippen LogP contribution >= 0.6 is 0 Å². The number of hydrogen-bond donors (Lipinski definition) is 1.